The first-order valence-electron chi connectivity index (χ1n) is 5.22. The van der Waals surface area contributed by atoms with Crippen molar-refractivity contribution in [1.82, 2.24) is 4.90 Å². The van der Waals surface area contributed by atoms with Crippen molar-refractivity contribution in [2.45, 2.75) is 32.0 Å². The molecular formula is C10H20N2O3. The van der Waals surface area contributed by atoms with Gasteiger partial charge >= 0.3 is 0 Å². The number of nitrogens with two attached hydrogens (primary N) is 1. The molecule has 1 fully saturated rings. The molecule has 1 aliphatic rings. The molecule has 1 aliphatic heterocycles. The highest BCUT2D eigenvalue weighted by molar-refractivity contribution is 5.82. The van der Waals surface area contributed by atoms with E-state index in [1.54, 1.807) is 12.0 Å². The monoisotopic (exact) mass is 216 g/mol. The summed E-state index contributed by atoms with van der Waals surface area (Å²) in [6, 6.07) is -0.397. The molecule has 5 heteroatoms. The Bertz CT molecular complexity index is 213. The predicted molar refractivity (Wildman–Crippen MR) is 56.4 cm³/mol. The lowest BCUT2D eigenvalue weighted by Gasteiger charge is -2.40. The van der Waals surface area contributed by atoms with E-state index in [1.165, 1.54) is 0 Å². The molecular weight excluding hydrogens is 196 g/mol. The first-order chi connectivity index (χ1) is 7.07. The summed E-state index contributed by atoms with van der Waals surface area (Å²) in [6.07, 6.45) is 0. The number of hydrogen-bond acceptors (Lipinski definition) is 4. The lowest BCUT2D eigenvalue weighted by molar-refractivity contribution is -0.146. The summed E-state index contributed by atoms with van der Waals surface area (Å²) in [5.41, 5.74) is 5.73. The van der Waals surface area contributed by atoms with Crippen LogP contribution in [0.5, 0.6) is 0 Å². The van der Waals surface area contributed by atoms with Gasteiger partial charge in [-0.1, -0.05) is 0 Å². The summed E-state index contributed by atoms with van der Waals surface area (Å²) in [7, 11) is 1.54. The van der Waals surface area contributed by atoms with Gasteiger partial charge in [0.15, 0.2) is 0 Å². The molecule has 0 saturated carbocycles. The number of amides is 1. The first kappa shape index (κ1) is 12.4. The number of morpholine rings is 1. The zero-order valence-electron chi connectivity index (χ0n) is 9.60. The van der Waals surface area contributed by atoms with Crippen molar-refractivity contribution < 1.29 is 14.3 Å². The third kappa shape index (κ3) is 2.90. The van der Waals surface area contributed by atoms with Crippen molar-refractivity contribution >= 4 is 5.91 Å². The van der Waals surface area contributed by atoms with Crippen molar-refractivity contribution in [2.24, 2.45) is 5.73 Å². The van der Waals surface area contributed by atoms with Gasteiger partial charge in [-0.2, -0.15) is 0 Å². The van der Waals surface area contributed by atoms with Crippen LogP contribution >= 0.6 is 0 Å². The third-order valence-electron chi connectivity index (χ3n) is 2.59. The number of ether oxygens (including phenoxy) is 2. The van der Waals surface area contributed by atoms with Gasteiger partial charge in [-0.05, 0) is 13.8 Å². The molecule has 15 heavy (non-hydrogen) atoms. The van der Waals surface area contributed by atoms with Crippen molar-refractivity contribution in [2.75, 3.05) is 26.9 Å². The molecule has 3 unspecified atom stereocenters. The Hall–Kier alpha value is -0.650. The Labute approximate surface area is 90.5 Å². The molecule has 0 bridgehead atoms. The standard InChI is InChI=1S/C10H20N2O3/c1-7-4-15-5-8(2)12(7)10(13)9(11)6-14-3/h7-9H,4-6,11H2,1-3H3. The SMILES string of the molecule is COCC(N)C(=O)N1C(C)COCC1C. The maximum Gasteiger partial charge on any atom is 0.242 e. The van der Waals surface area contributed by atoms with Crippen LogP contribution < -0.4 is 5.73 Å². The van der Waals surface area contributed by atoms with Gasteiger partial charge in [-0.15, -0.1) is 0 Å². The van der Waals surface area contributed by atoms with E-state index in [0.29, 0.717) is 13.2 Å². The normalized spacial score (nSPS) is 28.9. The van der Waals surface area contributed by atoms with E-state index in [-0.39, 0.29) is 24.6 Å². The number of methoxy groups -OCH3 is 1. The van der Waals surface area contributed by atoms with Crippen molar-refractivity contribution in [3.63, 3.8) is 0 Å². The second-order valence-corrected chi connectivity index (χ2v) is 4.04. The summed E-state index contributed by atoms with van der Waals surface area (Å²) in [5, 5.41) is 0. The van der Waals surface area contributed by atoms with Gasteiger partial charge in [-0.25, -0.2) is 0 Å². The van der Waals surface area contributed by atoms with Crippen LogP contribution in [0.4, 0.5) is 0 Å². The third-order valence-corrected chi connectivity index (χ3v) is 2.59. The molecule has 0 aromatic carbocycles. The van der Waals surface area contributed by atoms with Crippen molar-refractivity contribution in [3.8, 4) is 0 Å². The molecule has 0 aromatic heterocycles. The number of nitrogens with zero attached hydrogens (tertiary/aromatic N) is 1. The fourth-order valence-corrected chi connectivity index (χ4v) is 1.88. The highest BCUT2D eigenvalue weighted by atomic mass is 16.5. The summed E-state index contributed by atoms with van der Waals surface area (Å²) in [4.78, 5) is 13.8. The zero-order valence-corrected chi connectivity index (χ0v) is 9.60. The number of carbonyl (C=O) groups excluding carboxylic acids is 1. The van der Waals surface area contributed by atoms with E-state index in [2.05, 4.69) is 0 Å². The average molecular weight is 216 g/mol. The van der Waals surface area contributed by atoms with Gasteiger partial charge in [0.2, 0.25) is 5.91 Å². The predicted octanol–water partition coefficient (Wildman–Crippen LogP) is -0.404. The minimum Gasteiger partial charge on any atom is -0.383 e. The molecule has 3 atom stereocenters. The van der Waals surface area contributed by atoms with Gasteiger partial charge in [0.05, 0.1) is 31.9 Å². The lowest BCUT2D eigenvalue weighted by atomic mass is 10.1. The summed E-state index contributed by atoms with van der Waals surface area (Å²) >= 11 is 0. The molecule has 1 heterocycles. The first-order valence-corrected chi connectivity index (χ1v) is 5.22. The summed E-state index contributed by atoms with van der Waals surface area (Å²) in [6.45, 7) is 5.35. The molecule has 0 aromatic rings. The van der Waals surface area contributed by atoms with Crippen LogP contribution in [-0.4, -0.2) is 55.9 Å². The smallest absolute Gasteiger partial charge is 0.242 e. The largest absolute Gasteiger partial charge is 0.383 e. The summed E-state index contributed by atoms with van der Waals surface area (Å²) in [5.74, 6) is -0.0554. The highest BCUT2D eigenvalue weighted by Crippen LogP contribution is 2.14. The number of hydrogen-bond donors (Lipinski definition) is 1. The van der Waals surface area contributed by atoms with Gasteiger partial charge in [0, 0.05) is 7.11 Å². The molecule has 0 radical (unpaired) electrons. The topological polar surface area (TPSA) is 64.8 Å². The number of rotatable bonds is 3. The van der Waals surface area contributed by atoms with Crippen molar-refractivity contribution in [1.29, 1.82) is 0 Å². The lowest BCUT2D eigenvalue weighted by Crippen LogP contribution is -2.57. The van der Waals surface area contributed by atoms with Crippen LogP contribution in [-0.2, 0) is 14.3 Å². The second kappa shape index (κ2) is 5.44. The Morgan fingerprint density at radius 2 is 2.07 bits per heavy atom. The van der Waals surface area contributed by atoms with Gasteiger partial charge in [0.25, 0.3) is 0 Å². The maximum absolute atomic E-state index is 12.0. The Kier molecular flexibility index (Phi) is 4.50. The van der Waals surface area contributed by atoms with Crippen molar-refractivity contribution in [3.05, 3.63) is 0 Å². The fourth-order valence-electron chi connectivity index (χ4n) is 1.88. The molecule has 88 valence electrons. The minimum absolute atomic E-state index is 0.0554. The Morgan fingerprint density at radius 3 is 2.53 bits per heavy atom. The number of carbonyl (C=O) groups is 1. The molecule has 1 amide bonds. The molecule has 0 spiro atoms. The van der Waals surface area contributed by atoms with Gasteiger partial charge in [0.1, 0.15) is 6.04 Å². The van der Waals surface area contributed by atoms with E-state index in [9.17, 15) is 4.79 Å². The zero-order chi connectivity index (χ0) is 11.4. The van der Waals surface area contributed by atoms with E-state index in [1.807, 2.05) is 13.8 Å². The fraction of sp³-hybridized carbons (Fsp3) is 0.900. The minimum atomic E-state index is -0.571. The van der Waals surface area contributed by atoms with E-state index < -0.39 is 6.04 Å². The van der Waals surface area contributed by atoms with Crippen LogP contribution in [0.2, 0.25) is 0 Å². The molecule has 5 nitrogen and oxygen atoms in total. The van der Waals surface area contributed by atoms with Crippen LogP contribution in [0.3, 0.4) is 0 Å². The summed E-state index contributed by atoms with van der Waals surface area (Å²) < 4.78 is 10.2. The molecule has 2 N–H and O–H groups in total. The van der Waals surface area contributed by atoms with Gasteiger partial charge < -0.3 is 20.1 Å². The molecule has 1 rings (SSSR count). The van der Waals surface area contributed by atoms with E-state index in [4.69, 9.17) is 15.2 Å². The Morgan fingerprint density at radius 1 is 1.53 bits per heavy atom. The molecule has 0 aliphatic carbocycles. The van der Waals surface area contributed by atoms with Crippen LogP contribution in [0.1, 0.15) is 13.8 Å². The maximum atomic E-state index is 12.0. The van der Waals surface area contributed by atoms with E-state index >= 15 is 0 Å². The quantitative estimate of drug-likeness (QED) is 0.697. The van der Waals surface area contributed by atoms with Crippen LogP contribution in [0, 0.1) is 0 Å². The van der Waals surface area contributed by atoms with Gasteiger partial charge in [-0.3, -0.25) is 4.79 Å². The van der Waals surface area contributed by atoms with Crippen LogP contribution in [0.15, 0.2) is 0 Å². The molecule has 1 saturated heterocycles. The average Bonchev–Trinajstić information content (AvgIpc) is 2.17. The Balaban J connectivity index is 2.62. The second-order valence-electron chi connectivity index (χ2n) is 4.04. The highest BCUT2D eigenvalue weighted by Gasteiger charge is 2.32. The van der Waals surface area contributed by atoms with E-state index in [0.717, 1.165) is 0 Å². The van der Waals surface area contributed by atoms with Crippen LogP contribution in [0.25, 0.3) is 0 Å².